The minimum Gasteiger partial charge on any atom is -0.481 e. The molecule has 0 amide bonds. The van der Waals surface area contributed by atoms with E-state index >= 15 is 0 Å². The SMILES string of the molecule is Cc1cc(-c2noc(CN3CCCC(CCC(=O)O)C3)n2)ccc1F. The highest BCUT2D eigenvalue weighted by atomic mass is 19.1. The number of hydrogen-bond donors (Lipinski definition) is 1. The third kappa shape index (κ3) is 4.63. The number of carbonyl (C=O) groups is 1. The number of carboxylic acids is 1. The number of aromatic nitrogens is 2. The molecule has 134 valence electrons. The van der Waals surface area contributed by atoms with Crippen LogP contribution in [0.25, 0.3) is 11.4 Å². The molecule has 1 atom stereocenters. The highest BCUT2D eigenvalue weighted by Crippen LogP contribution is 2.23. The summed E-state index contributed by atoms with van der Waals surface area (Å²) in [4.78, 5) is 17.4. The van der Waals surface area contributed by atoms with Crippen LogP contribution in [-0.2, 0) is 11.3 Å². The van der Waals surface area contributed by atoms with Gasteiger partial charge in [-0.05, 0) is 62.4 Å². The second-order valence-corrected chi connectivity index (χ2v) is 6.65. The lowest BCUT2D eigenvalue weighted by atomic mass is 9.93. The van der Waals surface area contributed by atoms with E-state index in [0.717, 1.165) is 31.5 Å². The van der Waals surface area contributed by atoms with Gasteiger partial charge in [-0.25, -0.2) is 4.39 Å². The number of carboxylic acid groups (broad SMARTS) is 1. The standard InChI is InChI=1S/C18H22FN3O3/c1-12-9-14(5-6-15(12)19)18-20-16(25-21-18)11-22-8-2-3-13(10-22)4-7-17(23)24/h5-6,9,13H,2-4,7-8,10-11H2,1H3,(H,23,24). The zero-order valence-corrected chi connectivity index (χ0v) is 14.2. The molecule has 1 fully saturated rings. The molecule has 2 aromatic rings. The monoisotopic (exact) mass is 347 g/mol. The van der Waals surface area contributed by atoms with Crippen molar-refractivity contribution in [1.82, 2.24) is 15.0 Å². The predicted molar refractivity (Wildman–Crippen MR) is 89.3 cm³/mol. The second-order valence-electron chi connectivity index (χ2n) is 6.65. The third-order valence-corrected chi connectivity index (χ3v) is 4.61. The highest BCUT2D eigenvalue weighted by Gasteiger charge is 2.22. The first-order valence-electron chi connectivity index (χ1n) is 8.54. The molecule has 0 bridgehead atoms. The molecule has 1 saturated heterocycles. The predicted octanol–water partition coefficient (Wildman–Crippen LogP) is 3.26. The van der Waals surface area contributed by atoms with Gasteiger partial charge >= 0.3 is 5.97 Å². The molecular weight excluding hydrogens is 325 g/mol. The van der Waals surface area contributed by atoms with Crippen molar-refractivity contribution in [3.63, 3.8) is 0 Å². The summed E-state index contributed by atoms with van der Waals surface area (Å²) >= 11 is 0. The Bertz CT molecular complexity index is 747. The van der Waals surface area contributed by atoms with Crippen LogP contribution < -0.4 is 0 Å². The Morgan fingerprint density at radius 3 is 3.08 bits per heavy atom. The third-order valence-electron chi connectivity index (χ3n) is 4.61. The van der Waals surface area contributed by atoms with Crippen LogP contribution in [0.4, 0.5) is 4.39 Å². The first-order chi connectivity index (χ1) is 12.0. The lowest BCUT2D eigenvalue weighted by molar-refractivity contribution is -0.137. The van der Waals surface area contributed by atoms with Crippen LogP contribution >= 0.6 is 0 Å². The number of rotatable bonds is 6. The number of aryl methyl sites for hydroxylation is 1. The van der Waals surface area contributed by atoms with E-state index in [1.54, 1.807) is 19.1 Å². The summed E-state index contributed by atoms with van der Waals surface area (Å²) in [6.45, 7) is 4.04. The summed E-state index contributed by atoms with van der Waals surface area (Å²) < 4.78 is 18.7. The van der Waals surface area contributed by atoms with Crippen molar-refractivity contribution in [2.45, 2.75) is 39.2 Å². The van der Waals surface area contributed by atoms with Gasteiger partial charge < -0.3 is 9.63 Å². The quantitative estimate of drug-likeness (QED) is 0.864. The fraction of sp³-hybridized carbons (Fsp3) is 0.500. The lowest BCUT2D eigenvalue weighted by Crippen LogP contribution is -2.35. The van der Waals surface area contributed by atoms with Crippen LogP contribution in [0.5, 0.6) is 0 Å². The molecule has 1 aromatic heterocycles. The summed E-state index contributed by atoms with van der Waals surface area (Å²) in [6.07, 6.45) is 3.03. The Balaban J connectivity index is 1.61. The number of benzene rings is 1. The van der Waals surface area contributed by atoms with Crippen LogP contribution in [0.2, 0.25) is 0 Å². The fourth-order valence-corrected chi connectivity index (χ4v) is 3.27. The molecule has 1 unspecified atom stereocenters. The van der Waals surface area contributed by atoms with Crippen molar-refractivity contribution in [3.05, 3.63) is 35.5 Å². The minimum atomic E-state index is -0.742. The molecule has 1 aliphatic heterocycles. The van der Waals surface area contributed by atoms with Crippen molar-refractivity contribution in [3.8, 4) is 11.4 Å². The van der Waals surface area contributed by atoms with E-state index in [-0.39, 0.29) is 12.2 Å². The van der Waals surface area contributed by atoms with E-state index < -0.39 is 5.97 Å². The first kappa shape index (κ1) is 17.5. The summed E-state index contributed by atoms with van der Waals surface area (Å²) in [5.41, 5.74) is 1.27. The number of aliphatic carboxylic acids is 1. The van der Waals surface area contributed by atoms with Gasteiger partial charge in [0.25, 0.3) is 0 Å². The maximum atomic E-state index is 13.4. The Labute approximate surface area is 145 Å². The molecule has 0 saturated carbocycles. The van der Waals surface area contributed by atoms with Gasteiger partial charge in [0, 0.05) is 18.5 Å². The van der Waals surface area contributed by atoms with Crippen molar-refractivity contribution in [2.24, 2.45) is 5.92 Å². The first-order valence-corrected chi connectivity index (χ1v) is 8.54. The van der Waals surface area contributed by atoms with Gasteiger partial charge in [0.2, 0.25) is 11.7 Å². The van der Waals surface area contributed by atoms with Crippen LogP contribution in [0.3, 0.4) is 0 Å². The number of hydrogen-bond acceptors (Lipinski definition) is 5. The molecule has 6 nitrogen and oxygen atoms in total. The summed E-state index contributed by atoms with van der Waals surface area (Å²) in [5.74, 6) is 0.377. The molecule has 3 rings (SSSR count). The molecule has 25 heavy (non-hydrogen) atoms. The van der Waals surface area contributed by atoms with Gasteiger partial charge in [0.1, 0.15) is 5.82 Å². The summed E-state index contributed by atoms with van der Waals surface area (Å²) in [6, 6.07) is 4.74. The average Bonchev–Trinajstić information content (AvgIpc) is 3.04. The Hall–Kier alpha value is -2.28. The molecule has 0 spiro atoms. The van der Waals surface area contributed by atoms with E-state index in [9.17, 15) is 9.18 Å². The topological polar surface area (TPSA) is 79.5 Å². The van der Waals surface area contributed by atoms with Crippen molar-refractivity contribution < 1.29 is 18.8 Å². The molecule has 2 heterocycles. The second kappa shape index (κ2) is 7.74. The smallest absolute Gasteiger partial charge is 0.303 e. The van der Waals surface area contributed by atoms with Gasteiger partial charge in [-0.3, -0.25) is 9.69 Å². The normalized spacial score (nSPS) is 18.4. The van der Waals surface area contributed by atoms with Gasteiger partial charge in [-0.2, -0.15) is 4.98 Å². The maximum Gasteiger partial charge on any atom is 0.303 e. The molecule has 7 heteroatoms. The van der Waals surface area contributed by atoms with Crippen molar-refractivity contribution in [2.75, 3.05) is 13.1 Å². The number of likely N-dealkylation sites (tertiary alicyclic amines) is 1. The minimum absolute atomic E-state index is 0.215. The molecule has 1 N–H and O–H groups in total. The van der Waals surface area contributed by atoms with Crippen molar-refractivity contribution in [1.29, 1.82) is 0 Å². The molecule has 1 aliphatic rings. The van der Waals surface area contributed by atoms with E-state index in [0.29, 0.717) is 36.2 Å². The van der Waals surface area contributed by atoms with Gasteiger partial charge in [0.15, 0.2) is 0 Å². The zero-order chi connectivity index (χ0) is 17.8. The Morgan fingerprint density at radius 2 is 2.32 bits per heavy atom. The molecular formula is C18H22FN3O3. The average molecular weight is 347 g/mol. The van der Waals surface area contributed by atoms with E-state index in [2.05, 4.69) is 15.0 Å². The number of halogens is 1. The van der Waals surface area contributed by atoms with Crippen LogP contribution in [0.15, 0.2) is 22.7 Å². The van der Waals surface area contributed by atoms with Gasteiger partial charge in [-0.1, -0.05) is 5.16 Å². The van der Waals surface area contributed by atoms with Gasteiger partial charge in [0.05, 0.1) is 6.54 Å². The molecule has 0 radical (unpaired) electrons. The fourth-order valence-electron chi connectivity index (χ4n) is 3.27. The van der Waals surface area contributed by atoms with Crippen LogP contribution in [-0.4, -0.2) is 39.2 Å². The lowest BCUT2D eigenvalue weighted by Gasteiger charge is -2.31. The Morgan fingerprint density at radius 1 is 1.48 bits per heavy atom. The summed E-state index contributed by atoms with van der Waals surface area (Å²) in [7, 11) is 0. The maximum absolute atomic E-state index is 13.4. The van der Waals surface area contributed by atoms with Gasteiger partial charge in [-0.15, -0.1) is 0 Å². The summed E-state index contributed by atoms with van der Waals surface area (Å²) in [5, 5.41) is 12.8. The van der Waals surface area contributed by atoms with E-state index in [1.807, 2.05) is 0 Å². The largest absolute Gasteiger partial charge is 0.481 e. The van der Waals surface area contributed by atoms with Crippen LogP contribution in [0, 0.1) is 18.7 Å². The van der Waals surface area contributed by atoms with Crippen LogP contribution in [0.1, 0.15) is 37.1 Å². The van der Waals surface area contributed by atoms with Crippen molar-refractivity contribution >= 4 is 5.97 Å². The van der Waals surface area contributed by atoms with E-state index in [4.69, 9.17) is 9.63 Å². The van der Waals surface area contributed by atoms with E-state index in [1.165, 1.54) is 6.07 Å². The Kier molecular flexibility index (Phi) is 5.43. The molecule has 1 aromatic carbocycles. The highest BCUT2D eigenvalue weighted by molar-refractivity contribution is 5.66. The molecule has 0 aliphatic carbocycles. The number of piperidine rings is 1. The number of nitrogens with zero attached hydrogens (tertiary/aromatic N) is 3. The zero-order valence-electron chi connectivity index (χ0n) is 14.2.